The molecule has 4 heterocycles. The van der Waals surface area contributed by atoms with Crippen LogP contribution in [0.25, 0.3) is 0 Å². The minimum atomic E-state index is -3.99. The Kier molecular flexibility index (Phi) is 6.57. The predicted molar refractivity (Wildman–Crippen MR) is 142 cm³/mol. The highest BCUT2D eigenvalue weighted by atomic mass is 32.2. The second-order valence-corrected chi connectivity index (χ2v) is 12.2. The molecule has 0 aliphatic carbocycles. The van der Waals surface area contributed by atoms with E-state index in [0.29, 0.717) is 11.8 Å². The fourth-order valence-electron chi connectivity index (χ4n) is 6.00. The van der Waals surface area contributed by atoms with Crippen molar-refractivity contribution in [2.45, 2.75) is 54.5 Å². The SMILES string of the molecule is O=C(NCc1ccco1)c1cccc2c1C(=O)c1ccc(N3CCC(N4CCCCC4)CC3)cc1S2(=O)=O. The molecule has 38 heavy (non-hydrogen) atoms. The molecule has 0 bridgehead atoms. The number of benzene rings is 2. The molecule has 1 aromatic heterocycles. The summed E-state index contributed by atoms with van der Waals surface area (Å²) in [6.07, 6.45) is 7.45. The zero-order valence-electron chi connectivity index (χ0n) is 21.2. The van der Waals surface area contributed by atoms with E-state index < -0.39 is 21.5 Å². The Morgan fingerprint density at radius 3 is 2.47 bits per heavy atom. The van der Waals surface area contributed by atoms with Gasteiger partial charge in [-0.05, 0) is 81.2 Å². The lowest BCUT2D eigenvalue weighted by Crippen LogP contribution is -2.46. The summed E-state index contributed by atoms with van der Waals surface area (Å²) < 4.78 is 32.7. The van der Waals surface area contributed by atoms with E-state index in [0.717, 1.165) is 31.6 Å². The maximum atomic E-state index is 13.7. The summed E-state index contributed by atoms with van der Waals surface area (Å²) in [5, 5.41) is 2.71. The topological polar surface area (TPSA) is 99.9 Å². The van der Waals surface area contributed by atoms with E-state index >= 15 is 0 Å². The first kappa shape index (κ1) is 24.9. The van der Waals surface area contributed by atoms with Gasteiger partial charge in [0.05, 0.1) is 33.7 Å². The van der Waals surface area contributed by atoms with Crippen LogP contribution in [0.2, 0.25) is 0 Å². The lowest BCUT2D eigenvalue weighted by atomic mass is 9.96. The molecule has 3 aromatic rings. The largest absolute Gasteiger partial charge is 0.467 e. The van der Waals surface area contributed by atoms with Gasteiger partial charge in [-0.1, -0.05) is 12.5 Å². The van der Waals surface area contributed by atoms with Crippen LogP contribution in [0.1, 0.15) is 64.1 Å². The van der Waals surface area contributed by atoms with Crippen LogP contribution < -0.4 is 10.2 Å². The number of hydrogen-bond acceptors (Lipinski definition) is 7. The molecular formula is C29H31N3O5S. The van der Waals surface area contributed by atoms with Gasteiger partial charge in [-0.3, -0.25) is 9.59 Å². The van der Waals surface area contributed by atoms with E-state index in [-0.39, 0.29) is 33.0 Å². The monoisotopic (exact) mass is 533 g/mol. The number of amides is 1. The van der Waals surface area contributed by atoms with E-state index in [4.69, 9.17) is 4.42 Å². The summed E-state index contributed by atoms with van der Waals surface area (Å²) in [5.41, 5.74) is 0.882. The first-order valence-electron chi connectivity index (χ1n) is 13.3. The Balaban J connectivity index is 1.25. The standard InChI is InChI=1S/C29H31N3O5S/c33-28-23-10-9-21(32-15-11-20(12-16-32)31-13-2-1-3-14-31)18-26(23)38(35,36)25-8-4-7-24(27(25)28)29(34)30-19-22-6-5-17-37-22/h4-10,17-18,20H,1-3,11-16,19H2,(H,30,34). The summed E-state index contributed by atoms with van der Waals surface area (Å²) in [6.45, 7) is 4.18. The zero-order valence-corrected chi connectivity index (χ0v) is 22.0. The zero-order chi connectivity index (χ0) is 26.3. The third-order valence-electron chi connectivity index (χ3n) is 8.03. The van der Waals surface area contributed by atoms with Crippen LogP contribution in [-0.4, -0.2) is 57.2 Å². The number of furan rings is 1. The molecule has 3 aliphatic rings. The molecule has 2 saturated heterocycles. The average Bonchev–Trinajstić information content (AvgIpc) is 3.49. The molecule has 0 unspecified atom stereocenters. The number of hydrogen-bond donors (Lipinski definition) is 1. The van der Waals surface area contributed by atoms with Gasteiger partial charge >= 0.3 is 0 Å². The normalized spacial score (nSPS) is 19.6. The van der Waals surface area contributed by atoms with Crippen LogP contribution in [0.5, 0.6) is 0 Å². The maximum absolute atomic E-state index is 13.7. The van der Waals surface area contributed by atoms with Gasteiger partial charge in [0.2, 0.25) is 9.84 Å². The van der Waals surface area contributed by atoms with Crippen LogP contribution >= 0.6 is 0 Å². The Labute approximate surface area is 222 Å². The second kappa shape index (κ2) is 10.0. The summed E-state index contributed by atoms with van der Waals surface area (Å²) in [5.74, 6) is -0.428. The molecule has 2 fully saturated rings. The molecule has 1 N–H and O–H groups in total. The number of carbonyl (C=O) groups is 2. The van der Waals surface area contributed by atoms with Crippen LogP contribution in [0, 0.1) is 0 Å². The lowest BCUT2D eigenvalue weighted by Gasteiger charge is -2.41. The van der Waals surface area contributed by atoms with E-state index in [2.05, 4.69) is 15.1 Å². The number of fused-ring (bicyclic) bond motifs is 2. The number of anilines is 1. The van der Waals surface area contributed by atoms with Gasteiger partial charge in [-0.2, -0.15) is 0 Å². The fraction of sp³-hybridized carbons (Fsp3) is 0.379. The molecule has 0 saturated carbocycles. The number of rotatable bonds is 5. The maximum Gasteiger partial charge on any atom is 0.252 e. The molecule has 8 nitrogen and oxygen atoms in total. The highest BCUT2D eigenvalue weighted by Gasteiger charge is 2.38. The Hall–Kier alpha value is -3.43. The highest BCUT2D eigenvalue weighted by Crippen LogP contribution is 2.38. The summed E-state index contributed by atoms with van der Waals surface area (Å²) in [4.78, 5) is 31.3. The number of nitrogens with one attached hydrogen (secondary N) is 1. The molecule has 3 aliphatic heterocycles. The van der Waals surface area contributed by atoms with Crippen molar-refractivity contribution in [2.75, 3.05) is 31.1 Å². The summed E-state index contributed by atoms with van der Waals surface area (Å²) in [7, 11) is -3.99. The van der Waals surface area contributed by atoms with Crippen LogP contribution in [0.4, 0.5) is 5.69 Å². The third kappa shape index (κ3) is 4.43. The molecule has 2 aromatic carbocycles. The summed E-state index contributed by atoms with van der Waals surface area (Å²) in [6, 6.07) is 13.5. The van der Waals surface area contributed by atoms with Gasteiger partial charge < -0.3 is 19.5 Å². The summed E-state index contributed by atoms with van der Waals surface area (Å²) >= 11 is 0. The van der Waals surface area contributed by atoms with Crippen molar-refractivity contribution < 1.29 is 22.4 Å². The first-order valence-corrected chi connectivity index (χ1v) is 14.8. The molecule has 9 heteroatoms. The lowest BCUT2D eigenvalue weighted by molar-refractivity contribution is 0.0935. The van der Waals surface area contributed by atoms with E-state index in [9.17, 15) is 18.0 Å². The van der Waals surface area contributed by atoms with Gasteiger partial charge in [-0.25, -0.2) is 8.42 Å². The van der Waals surface area contributed by atoms with E-state index in [1.807, 2.05) is 6.07 Å². The van der Waals surface area contributed by atoms with Crippen molar-refractivity contribution in [3.63, 3.8) is 0 Å². The molecule has 1 amide bonds. The molecule has 198 valence electrons. The van der Waals surface area contributed by atoms with Crippen molar-refractivity contribution in [2.24, 2.45) is 0 Å². The average molecular weight is 534 g/mol. The Morgan fingerprint density at radius 2 is 1.74 bits per heavy atom. The second-order valence-electron chi connectivity index (χ2n) is 10.3. The minimum Gasteiger partial charge on any atom is -0.467 e. The number of likely N-dealkylation sites (tertiary alicyclic amines) is 1. The van der Waals surface area contributed by atoms with Crippen LogP contribution in [-0.2, 0) is 16.4 Å². The van der Waals surface area contributed by atoms with Gasteiger partial charge in [0.25, 0.3) is 5.91 Å². The Morgan fingerprint density at radius 1 is 0.947 bits per heavy atom. The molecule has 0 spiro atoms. The smallest absolute Gasteiger partial charge is 0.252 e. The Bertz CT molecular complexity index is 1470. The van der Waals surface area contributed by atoms with Gasteiger partial charge in [0, 0.05) is 30.4 Å². The molecule has 6 rings (SSSR count). The van der Waals surface area contributed by atoms with Crippen LogP contribution in [0.3, 0.4) is 0 Å². The van der Waals surface area contributed by atoms with Crippen molar-refractivity contribution in [1.29, 1.82) is 0 Å². The van der Waals surface area contributed by atoms with Crippen molar-refractivity contribution in [3.8, 4) is 0 Å². The number of carbonyl (C=O) groups excluding carboxylic acids is 2. The van der Waals surface area contributed by atoms with E-state index in [1.165, 1.54) is 56.8 Å². The molecular weight excluding hydrogens is 502 g/mol. The fourth-order valence-corrected chi connectivity index (χ4v) is 7.69. The van der Waals surface area contributed by atoms with E-state index in [1.54, 1.807) is 24.3 Å². The quantitative estimate of drug-likeness (QED) is 0.413. The van der Waals surface area contributed by atoms with Gasteiger partial charge in [-0.15, -0.1) is 0 Å². The molecule has 0 atom stereocenters. The number of ketones is 1. The van der Waals surface area contributed by atoms with Crippen molar-refractivity contribution >= 4 is 27.2 Å². The first-order chi connectivity index (χ1) is 18.4. The van der Waals surface area contributed by atoms with Gasteiger partial charge in [0.1, 0.15) is 5.76 Å². The van der Waals surface area contributed by atoms with Crippen molar-refractivity contribution in [3.05, 3.63) is 77.2 Å². The minimum absolute atomic E-state index is 0.0128. The third-order valence-corrected chi connectivity index (χ3v) is 9.86. The number of nitrogens with zero attached hydrogens (tertiary/aromatic N) is 2. The van der Waals surface area contributed by atoms with Gasteiger partial charge in [0.15, 0.2) is 5.78 Å². The number of sulfone groups is 1. The predicted octanol–water partition coefficient (Wildman–Crippen LogP) is 4.04. The highest BCUT2D eigenvalue weighted by molar-refractivity contribution is 7.91. The van der Waals surface area contributed by atoms with Crippen LogP contribution in [0.15, 0.2) is 69.0 Å². The number of piperidine rings is 2. The van der Waals surface area contributed by atoms with Crippen molar-refractivity contribution in [1.82, 2.24) is 10.2 Å². The molecule has 0 radical (unpaired) electrons.